The molecule has 0 bridgehead atoms. The maximum atomic E-state index is 13.0. The van der Waals surface area contributed by atoms with E-state index >= 15 is 0 Å². The van der Waals surface area contributed by atoms with Crippen molar-refractivity contribution in [2.45, 2.75) is 17.2 Å². The summed E-state index contributed by atoms with van der Waals surface area (Å²) >= 11 is 7.17. The Morgan fingerprint density at radius 2 is 2.24 bits per heavy atom. The van der Waals surface area contributed by atoms with Gasteiger partial charge in [0.25, 0.3) is 0 Å². The molecule has 0 amide bonds. The Morgan fingerprint density at radius 3 is 2.76 bits per heavy atom. The van der Waals surface area contributed by atoms with Gasteiger partial charge in [-0.05, 0) is 25.1 Å². The molecule has 1 aromatic rings. The SMILES string of the molecule is CC1SCCN1S(=O)(=O)c1ccc(F)c(Cl)c1. The van der Waals surface area contributed by atoms with E-state index in [1.807, 2.05) is 6.92 Å². The molecule has 0 N–H and O–H groups in total. The minimum absolute atomic E-state index is 0.0400. The fourth-order valence-electron chi connectivity index (χ4n) is 1.67. The molecule has 1 aromatic carbocycles. The van der Waals surface area contributed by atoms with Crippen LogP contribution in [0.15, 0.2) is 23.1 Å². The van der Waals surface area contributed by atoms with Gasteiger partial charge in [-0.25, -0.2) is 12.8 Å². The lowest BCUT2D eigenvalue weighted by Gasteiger charge is -2.20. The molecule has 1 heterocycles. The van der Waals surface area contributed by atoms with Crippen molar-refractivity contribution in [2.24, 2.45) is 0 Å². The second-order valence-electron chi connectivity index (χ2n) is 3.66. The molecule has 1 atom stereocenters. The number of nitrogens with zero attached hydrogens (tertiary/aromatic N) is 1. The van der Waals surface area contributed by atoms with Gasteiger partial charge >= 0.3 is 0 Å². The van der Waals surface area contributed by atoms with Gasteiger partial charge in [-0.1, -0.05) is 11.6 Å². The van der Waals surface area contributed by atoms with Crippen LogP contribution in [-0.2, 0) is 10.0 Å². The van der Waals surface area contributed by atoms with Crippen molar-refractivity contribution in [1.82, 2.24) is 4.31 Å². The molecule has 1 unspecified atom stereocenters. The number of thioether (sulfide) groups is 1. The summed E-state index contributed by atoms with van der Waals surface area (Å²) in [5, 5.41) is -0.269. The van der Waals surface area contributed by atoms with Crippen LogP contribution in [0.5, 0.6) is 0 Å². The largest absolute Gasteiger partial charge is 0.244 e. The van der Waals surface area contributed by atoms with Crippen LogP contribution in [0.3, 0.4) is 0 Å². The number of hydrogen-bond acceptors (Lipinski definition) is 3. The Morgan fingerprint density at radius 1 is 1.53 bits per heavy atom. The minimum atomic E-state index is -3.57. The molecule has 0 spiro atoms. The first-order valence-corrected chi connectivity index (χ1v) is 7.88. The highest BCUT2D eigenvalue weighted by Crippen LogP contribution is 2.30. The molecule has 3 nitrogen and oxygen atoms in total. The highest BCUT2D eigenvalue weighted by molar-refractivity contribution is 8.01. The maximum absolute atomic E-state index is 13.0. The van der Waals surface area contributed by atoms with E-state index in [0.717, 1.165) is 17.9 Å². The van der Waals surface area contributed by atoms with Gasteiger partial charge in [0.1, 0.15) is 5.82 Å². The first-order valence-electron chi connectivity index (χ1n) is 5.01. The number of benzene rings is 1. The molecule has 1 aliphatic rings. The monoisotopic (exact) mass is 295 g/mol. The third-order valence-electron chi connectivity index (χ3n) is 2.57. The summed E-state index contributed by atoms with van der Waals surface area (Å²) in [7, 11) is -3.57. The summed E-state index contributed by atoms with van der Waals surface area (Å²) in [6, 6.07) is 3.47. The molecule has 2 rings (SSSR count). The van der Waals surface area contributed by atoms with Crippen LogP contribution in [0.1, 0.15) is 6.92 Å². The summed E-state index contributed by atoms with van der Waals surface area (Å²) in [4.78, 5) is 0.0400. The summed E-state index contributed by atoms with van der Waals surface area (Å²) in [6.07, 6.45) is 0. The van der Waals surface area contributed by atoms with Gasteiger partial charge in [0.2, 0.25) is 10.0 Å². The summed E-state index contributed by atoms with van der Waals surface area (Å²) in [5.74, 6) is 0.157. The van der Waals surface area contributed by atoms with Crippen molar-refractivity contribution >= 4 is 33.4 Å². The van der Waals surface area contributed by atoms with Crippen molar-refractivity contribution in [3.63, 3.8) is 0 Å². The molecule has 0 radical (unpaired) electrons. The fraction of sp³-hybridized carbons (Fsp3) is 0.400. The van der Waals surface area contributed by atoms with E-state index in [-0.39, 0.29) is 15.3 Å². The van der Waals surface area contributed by atoms with Gasteiger partial charge in [0.05, 0.1) is 15.3 Å². The zero-order valence-electron chi connectivity index (χ0n) is 9.06. The van der Waals surface area contributed by atoms with Crippen molar-refractivity contribution < 1.29 is 12.8 Å². The molecular weight excluding hydrogens is 285 g/mol. The Kier molecular flexibility index (Phi) is 3.68. The zero-order chi connectivity index (χ0) is 12.6. The van der Waals surface area contributed by atoms with Crippen LogP contribution in [0.4, 0.5) is 4.39 Å². The predicted molar refractivity (Wildman–Crippen MR) is 67.2 cm³/mol. The van der Waals surface area contributed by atoms with Gasteiger partial charge in [-0.15, -0.1) is 11.8 Å². The Labute approximate surface area is 109 Å². The smallest absolute Gasteiger partial charge is 0.207 e. The highest BCUT2D eigenvalue weighted by Gasteiger charge is 2.33. The first kappa shape index (κ1) is 13.1. The molecule has 1 aliphatic heterocycles. The van der Waals surface area contributed by atoms with Crippen LogP contribution in [0, 0.1) is 5.82 Å². The standard InChI is InChI=1S/C10H11ClFNO2S2/c1-7-13(4-5-16-7)17(14,15)8-2-3-10(12)9(11)6-8/h2-3,6-7H,4-5H2,1H3. The lowest BCUT2D eigenvalue weighted by Crippen LogP contribution is -2.33. The summed E-state index contributed by atoms with van der Waals surface area (Å²) in [5.41, 5.74) is 0. The third-order valence-corrected chi connectivity index (χ3v) is 6.12. The molecule has 17 heavy (non-hydrogen) atoms. The van der Waals surface area contributed by atoms with E-state index in [2.05, 4.69) is 0 Å². The second-order valence-corrected chi connectivity index (χ2v) is 7.38. The molecule has 1 saturated heterocycles. The van der Waals surface area contributed by atoms with Crippen LogP contribution >= 0.6 is 23.4 Å². The summed E-state index contributed by atoms with van der Waals surface area (Å²) in [6.45, 7) is 2.31. The molecule has 0 saturated carbocycles. The average Bonchev–Trinajstić information content (AvgIpc) is 2.69. The van der Waals surface area contributed by atoms with E-state index in [0.29, 0.717) is 6.54 Å². The average molecular weight is 296 g/mol. The topological polar surface area (TPSA) is 37.4 Å². The Balaban J connectivity index is 2.41. The molecule has 0 aromatic heterocycles. The lowest BCUT2D eigenvalue weighted by molar-refractivity contribution is 0.442. The molecular formula is C10H11ClFNO2S2. The number of sulfonamides is 1. The van der Waals surface area contributed by atoms with E-state index < -0.39 is 15.8 Å². The predicted octanol–water partition coefficient (Wildman–Crippen LogP) is 2.56. The number of rotatable bonds is 2. The van der Waals surface area contributed by atoms with E-state index in [9.17, 15) is 12.8 Å². The minimum Gasteiger partial charge on any atom is -0.207 e. The zero-order valence-corrected chi connectivity index (χ0v) is 11.4. The first-order chi connectivity index (χ1) is 7.93. The molecule has 1 fully saturated rings. The van der Waals surface area contributed by atoms with Crippen molar-refractivity contribution in [3.8, 4) is 0 Å². The van der Waals surface area contributed by atoms with E-state index in [1.165, 1.54) is 10.4 Å². The van der Waals surface area contributed by atoms with E-state index in [4.69, 9.17) is 11.6 Å². The number of halogens is 2. The van der Waals surface area contributed by atoms with Crippen LogP contribution in [-0.4, -0.2) is 30.4 Å². The van der Waals surface area contributed by atoms with Gasteiger partial charge in [-0.3, -0.25) is 0 Å². The Hall–Kier alpha value is -0.300. The van der Waals surface area contributed by atoms with Gasteiger partial charge in [0, 0.05) is 12.3 Å². The van der Waals surface area contributed by atoms with Gasteiger partial charge < -0.3 is 0 Å². The van der Waals surface area contributed by atoms with Crippen molar-refractivity contribution in [3.05, 3.63) is 29.0 Å². The van der Waals surface area contributed by atoms with Crippen LogP contribution in [0.25, 0.3) is 0 Å². The molecule has 94 valence electrons. The van der Waals surface area contributed by atoms with Gasteiger partial charge in [-0.2, -0.15) is 4.31 Å². The lowest BCUT2D eigenvalue weighted by atomic mass is 10.3. The maximum Gasteiger partial charge on any atom is 0.244 e. The van der Waals surface area contributed by atoms with Crippen molar-refractivity contribution in [1.29, 1.82) is 0 Å². The molecule has 0 aliphatic carbocycles. The Bertz CT molecular complexity index is 535. The third kappa shape index (κ3) is 2.45. The van der Waals surface area contributed by atoms with E-state index in [1.54, 1.807) is 11.8 Å². The number of hydrogen-bond donors (Lipinski definition) is 0. The van der Waals surface area contributed by atoms with Crippen molar-refractivity contribution in [2.75, 3.05) is 12.3 Å². The fourth-order valence-corrected chi connectivity index (χ4v) is 4.96. The summed E-state index contributed by atoms with van der Waals surface area (Å²) < 4.78 is 38.9. The van der Waals surface area contributed by atoms with Gasteiger partial charge in [0.15, 0.2) is 0 Å². The van der Waals surface area contributed by atoms with Crippen LogP contribution in [0.2, 0.25) is 5.02 Å². The second kappa shape index (κ2) is 4.76. The van der Waals surface area contributed by atoms with Crippen LogP contribution < -0.4 is 0 Å². The quantitative estimate of drug-likeness (QED) is 0.841. The molecule has 7 heteroatoms. The highest BCUT2D eigenvalue weighted by atomic mass is 35.5. The normalized spacial score (nSPS) is 21.9.